The van der Waals surface area contributed by atoms with Crippen molar-refractivity contribution in [2.24, 2.45) is 0 Å². The van der Waals surface area contributed by atoms with E-state index in [-0.39, 0.29) is 23.8 Å². The largest absolute Gasteiger partial charge is 0.368 e. The maximum Gasteiger partial charge on any atom is 0.246 e. The van der Waals surface area contributed by atoms with E-state index in [1.54, 1.807) is 34.2 Å². The quantitative estimate of drug-likeness (QED) is 0.818. The lowest BCUT2D eigenvalue weighted by molar-refractivity contribution is -0.139. The number of halogens is 1. The van der Waals surface area contributed by atoms with Gasteiger partial charge >= 0.3 is 0 Å². The fourth-order valence-corrected chi connectivity index (χ4v) is 3.47. The van der Waals surface area contributed by atoms with Crippen molar-refractivity contribution in [3.8, 4) is 11.3 Å². The normalized spacial score (nSPS) is 16.9. The van der Waals surface area contributed by atoms with Gasteiger partial charge in [-0.15, -0.1) is 0 Å². The number of nitrogens with zero attached hydrogens (tertiary/aromatic N) is 4. The van der Waals surface area contributed by atoms with Gasteiger partial charge in [0.25, 0.3) is 0 Å². The minimum absolute atomic E-state index is 0.0310. The average molecular weight is 386 g/mol. The zero-order chi connectivity index (χ0) is 19.6. The first-order valence-corrected chi connectivity index (χ1v) is 8.84. The van der Waals surface area contributed by atoms with Gasteiger partial charge in [0, 0.05) is 43.3 Å². The molecule has 0 bridgehead atoms. The Bertz CT molecular complexity index is 901. The Morgan fingerprint density at radius 3 is 2.78 bits per heavy atom. The molecule has 1 saturated heterocycles. The summed E-state index contributed by atoms with van der Waals surface area (Å²) in [7, 11) is 0. The molecular formula is C19H20ClN5O2. The van der Waals surface area contributed by atoms with E-state index in [1.807, 2.05) is 6.07 Å². The first-order chi connectivity index (χ1) is 12.9. The number of rotatable bonds is 3. The number of nitrogen functional groups attached to an aromatic ring is 1. The summed E-state index contributed by atoms with van der Waals surface area (Å²) in [6.07, 6.45) is 2.86. The predicted molar refractivity (Wildman–Crippen MR) is 104 cm³/mol. The van der Waals surface area contributed by atoms with E-state index >= 15 is 0 Å². The van der Waals surface area contributed by atoms with Crippen molar-refractivity contribution in [1.29, 1.82) is 0 Å². The van der Waals surface area contributed by atoms with E-state index in [2.05, 4.69) is 16.5 Å². The van der Waals surface area contributed by atoms with Crippen molar-refractivity contribution < 1.29 is 9.59 Å². The second-order valence-electron chi connectivity index (χ2n) is 6.29. The van der Waals surface area contributed by atoms with Crippen molar-refractivity contribution >= 4 is 29.4 Å². The van der Waals surface area contributed by atoms with Crippen LogP contribution in [-0.2, 0) is 9.59 Å². The van der Waals surface area contributed by atoms with E-state index in [1.165, 1.54) is 13.0 Å². The lowest BCUT2D eigenvalue weighted by Crippen LogP contribution is -2.51. The number of benzene rings is 1. The summed E-state index contributed by atoms with van der Waals surface area (Å²) in [5, 5.41) is 0.505. The molecular weight excluding hydrogens is 366 g/mol. The van der Waals surface area contributed by atoms with E-state index < -0.39 is 0 Å². The number of carbonyl (C=O) groups is 2. The molecule has 2 N–H and O–H groups in total. The zero-order valence-electron chi connectivity index (χ0n) is 14.9. The van der Waals surface area contributed by atoms with Gasteiger partial charge in [-0.1, -0.05) is 18.2 Å². The molecule has 7 nitrogen and oxygen atoms in total. The van der Waals surface area contributed by atoms with Crippen LogP contribution in [0, 0.1) is 0 Å². The molecule has 8 heteroatoms. The fourth-order valence-electron chi connectivity index (χ4n) is 3.22. The number of aromatic nitrogens is 2. The number of carbonyl (C=O) groups excluding carboxylic acids is 2. The number of anilines is 1. The highest BCUT2D eigenvalue weighted by atomic mass is 35.5. The molecule has 0 unspecified atom stereocenters. The highest BCUT2D eigenvalue weighted by Crippen LogP contribution is 2.32. The summed E-state index contributed by atoms with van der Waals surface area (Å²) < 4.78 is 0. The Hall–Kier alpha value is -2.93. The molecule has 140 valence electrons. The molecule has 1 aliphatic rings. The number of hydrogen-bond acceptors (Lipinski definition) is 5. The van der Waals surface area contributed by atoms with Crippen molar-refractivity contribution in [3.05, 3.63) is 53.7 Å². The van der Waals surface area contributed by atoms with Crippen molar-refractivity contribution in [1.82, 2.24) is 19.8 Å². The van der Waals surface area contributed by atoms with Crippen LogP contribution in [-0.4, -0.2) is 51.2 Å². The first-order valence-electron chi connectivity index (χ1n) is 8.47. The van der Waals surface area contributed by atoms with Crippen LogP contribution in [0.25, 0.3) is 11.3 Å². The first kappa shape index (κ1) is 18.8. The topological polar surface area (TPSA) is 92.4 Å². The maximum absolute atomic E-state index is 12.3. The molecule has 2 heterocycles. The second kappa shape index (κ2) is 7.75. The van der Waals surface area contributed by atoms with E-state index in [9.17, 15) is 9.59 Å². The van der Waals surface area contributed by atoms with Crippen LogP contribution in [0.3, 0.4) is 0 Å². The Balaban J connectivity index is 2.04. The van der Waals surface area contributed by atoms with E-state index in [4.69, 9.17) is 17.3 Å². The summed E-state index contributed by atoms with van der Waals surface area (Å²) >= 11 is 6.34. The van der Waals surface area contributed by atoms with E-state index in [0.29, 0.717) is 30.4 Å². The SMILES string of the molecule is C=CC(=O)N1CCN(C(C)=O)C[C@H]1c1cc(Cl)cc(-c2ccnc(N)n2)c1. The van der Waals surface area contributed by atoms with Gasteiger partial charge in [-0.3, -0.25) is 9.59 Å². The van der Waals surface area contributed by atoms with Crippen LogP contribution < -0.4 is 5.73 Å². The van der Waals surface area contributed by atoms with E-state index in [0.717, 1.165) is 11.1 Å². The minimum atomic E-state index is -0.329. The molecule has 27 heavy (non-hydrogen) atoms. The fraction of sp³-hybridized carbons (Fsp3) is 0.263. The Labute approximate surface area is 162 Å². The average Bonchev–Trinajstić information content (AvgIpc) is 2.66. The van der Waals surface area contributed by atoms with Gasteiger partial charge in [-0.2, -0.15) is 0 Å². The summed E-state index contributed by atoms with van der Waals surface area (Å²) in [6, 6.07) is 6.89. The molecule has 1 atom stereocenters. The van der Waals surface area contributed by atoms with Gasteiger partial charge in [-0.25, -0.2) is 9.97 Å². The molecule has 1 aliphatic heterocycles. The Morgan fingerprint density at radius 2 is 2.11 bits per heavy atom. The molecule has 3 rings (SSSR count). The molecule has 2 aromatic rings. The van der Waals surface area contributed by atoms with Crippen molar-refractivity contribution in [2.45, 2.75) is 13.0 Å². The second-order valence-corrected chi connectivity index (χ2v) is 6.73. The third-order valence-corrected chi connectivity index (χ3v) is 4.78. The van der Waals surface area contributed by atoms with Crippen LogP contribution in [0.2, 0.25) is 5.02 Å². The summed E-state index contributed by atoms with van der Waals surface area (Å²) in [5.74, 6) is -0.0505. The van der Waals surface area contributed by atoms with Crippen LogP contribution >= 0.6 is 11.6 Å². The van der Waals surface area contributed by atoms with Crippen LogP contribution in [0.15, 0.2) is 43.1 Å². The smallest absolute Gasteiger partial charge is 0.246 e. The highest BCUT2D eigenvalue weighted by Gasteiger charge is 2.32. The number of piperazine rings is 1. The molecule has 0 spiro atoms. The third kappa shape index (κ3) is 4.09. The van der Waals surface area contributed by atoms with Gasteiger partial charge in [0.1, 0.15) is 0 Å². The Kier molecular flexibility index (Phi) is 5.41. The van der Waals surface area contributed by atoms with Crippen molar-refractivity contribution in [2.75, 3.05) is 25.4 Å². The minimum Gasteiger partial charge on any atom is -0.368 e. The monoisotopic (exact) mass is 385 g/mol. The predicted octanol–water partition coefficient (Wildman–Crippen LogP) is 2.30. The maximum atomic E-state index is 12.3. The van der Waals surface area contributed by atoms with Crippen LogP contribution in [0.4, 0.5) is 5.95 Å². The number of nitrogens with two attached hydrogens (primary N) is 1. The number of hydrogen-bond donors (Lipinski definition) is 1. The van der Waals surface area contributed by atoms with Gasteiger partial charge < -0.3 is 15.5 Å². The van der Waals surface area contributed by atoms with Gasteiger partial charge in [0.2, 0.25) is 17.8 Å². The van der Waals surface area contributed by atoms with Gasteiger partial charge in [-0.05, 0) is 35.9 Å². The molecule has 1 fully saturated rings. The van der Waals surface area contributed by atoms with Crippen LogP contribution in [0.5, 0.6) is 0 Å². The molecule has 0 saturated carbocycles. The van der Waals surface area contributed by atoms with Crippen molar-refractivity contribution in [3.63, 3.8) is 0 Å². The summed E-state index contributed by atoms with van der Waals surface area (Å²) in [6.45, 7) is 6.41. The third-order valence-electron chi connectivity index (χ3n) is 4.56. The van der Waals surface area contributed by atoms with Crippen LogP contribution in [0.1, 0.15) is 18.5 Å². The molecule has 2 amide bonds. The summed E-state index contributed by atoms with van der Waals surface area (Å²) in [4.78, 5) is 35.8. The molecule has 1 aromatic carbocycles. The summed E-state index contributed by atoms with van der Waals surface area (Å²) in [5.41, 5.74) is 7.89. The van der Waals surface area contributed by atoms with Gasteiger partial charge in [0.05, 0.1) is 11.7 Å². The lowest BCUT2D eigenvalue weighted by Gasteiger charge is -2.41. The lowest BCUT2D eigenvalue weighted by atomic mass is 9.98. The molecule has 1 aromatic heterocycles. The highest BCUT2D eigenvalue weighted by molar-refractivity contribution is 6.31. The zero-order valence-corrected chi connectivity index (χ0v) is 15.7. The van der Waals surface area contributed by atoms with Gasteiger partial charge in [0.15, 0.2) is 0 Å². The standard InChI is InChI=1S/C19H20ClN5O2/c1-3-18(27)25-7-6-24(12(2)26)11-17(25)14-8-13(9-15(20)10-14)16-4-5-22-19(21)23-16/h3-5,8-10,17H,1,6-7,11H2,2H3,(H2,21,22,23)/t17-/m0/s1. The number of amides is 2. The Morgan fingerprint density at radius 1 is 1.33 bits per heavy atom. The molecule has 0 radical (unpaired) electrons. The molecule has 0 aliphatic carbocycles.